The Morgan fingerprint density at radius 1 is 1.35 bits per heavy atom. The topological polar surface area (TPSA) is 103 Å². The van der Waals surface area contributed by atoms with Crippen LogP contribution in [0.15, 0.2) is 30.3 Å². The lowest BCUT2D eigenvalue weighted by Gasteiger charge is -2.43. The van der Waals surface area contributed by atoms with E-state index in [1.165, 1.54) is 0 Å². The Hall–Kier alpha value is -2.45. The van der Waals surface area contributed by atoms with Crippen LogP contribution in [0, 0.1) is 0 Å². The fourth-order valence-electron chi connectivity index (χ4n) is 2.50. The third kappa shape index (κ3) is 3.03. The molecule has 122 valence electrons. The molecule has 3 amide bonds. The predicted molar refractivity (Wildman–Crippen MR) is 75.7 cm³/mol. The van der Waals surface area contributed by atoms with Crippen molar-refractivity contribution in [1.82, 2.24) is 10.6 Å². The van der Waals surface area contributed by atoms with Crippen LogP contribution in [0.25, 0.3) is 0 Å². The zero-order chi connectivity index (χ0) is 16.4. The van der Waals surface area contributed by atoms with Gasteiger partial charge in [-0.1, -0.05) is 30.3 Å². The van der Waals surface area contributed by atoms with Crippen molar-refractivity contribution in [3.8, 4) is 0 Å². The summed E-state index contributed by atoms with van der Waals surface area (Å²) in [7, 11) is 0. The molecule has 2 N–H and O–H groups in total. The summed E-state index contributed by atoms with van der Waals surface area (Å²) >= 11 is 0. The van der Waals surface area contributed by atoms with Crippen molar-refractivity contribution in [3.05, 3.63) is 35.9 Å². The van der Waals surface area contributed by atoms with Gasteiger partial charge < -0.3 is 19.5 Å². The summed E-state index contributed by atoms with van der Waals surface area (Å²) in [6.45, 7) is 1.69. The van der Waals surface area contributed by atoms with Gasteiger partial charge in [-0.15, -0.1) is 0 Å². The third-order valence-electron chi connectivity index (χ3n) is 3.67. The lowest BCUT2D eigenvalue weighted by Crippen LogP contribution is -2.67. The number of benzene rings is 1. The van der Waals surface area contributed by atoms with E-state index in [0.717, 1.165) is 5.56 Å². The highest BCUT2D eigenvalue weighted by atomic mass is 16.9. The van der Waals surface area contributed by atoms with Crippen LogP contribution in [0.2, 0.25) is 0 Å². The molecule has 0 aliphatic carbocycles. The molecule has 8 nitrogen and oxygen atoms in total. The van der Waals surface area contributed by atoms with Gasteiger partial charge in [-0.3, -0.25) is 14.9 Å². The van der Waals surface area contributed by atoms with Crippen LogP contribution >= 0.6 is 0 Å². The van der Waals surface area contributed by atoms with E-state index < -0.39 is 36.0 Å². The van der Waals surface area contributed by atoms with E-state index in [0.29, 0.717) is 0 Å². The average Bonchev–Trinajstić information content (AvgIpc) is 2.77. The number of ether oxygens (including phenoxy) is 3. The fourth-order valence-corrected chi connectivity index (χ4v) is 2.50. The van der Waals surface area contributed by atoms with Gasteiger partial charge in [0.2, 0.25) is 5.91 Å². The van der Waals surface area contributed by atoms with Crippen molar-refractivity contribution < 1.29 is 28.6 Å². The number of imide groups is 1. The Kier molecular flexibility index (Phi) is 4.01. The molecule has 1 atom stereocenters. The largest absolute Gasteiger partial charge is 0.445 e. The van der Waals surface area contributed by atoms with E-state index in [1.807, 2.05) is 18.2 Å². The Morgan fingerprint density at radius 2 is 2.04 bits per heavy atom. The number of amides is 3. The number of hydrogen-bond acceptors (Lipinski definition) is 6. The zero-order valence-corrected chi connectivity index (χ0v) is 12.4. The molecule has 0 radical (unpaired) electrons. The summed E-state index contributed by atoms with van der Waals surface area (Å²) in [4.78, 5) is 35.6. The highest BCUT2D eigenvalue weighted by molar-refractivity contribution is 6.09. The minimum Gasteiger partial charge on any atom is -0.445 e. The molecule has 2 aliphatic heterocycles. The standard InChI is InChI=1S/C15H16N2O6/c1-9-22-13(23-9)15(7-11(18)16-12(15)19)17-14(20)21-8-10-5-3-2-4-6-10/h2-6,9,13H,7-8H2,1H3,(H,17,20)(H,16,18,19)/t9?,13?,15-/m1/s1. The van der Waals surface area contributed by atoms with Gasteiger partial charge in [0, 0.05) is 0 Å². The second-order valence-corrected chi connectivity index (χ2v) is 5.38. The average molecular weight is 320 g/mol. The van der Waals surface area contributed by atoms with Crippen LogP contribution in [0.1, 0.15) is 18.9 Å². The highest BCUT2D eigenvalue weighted by Crippen LogP contribution is 2.32. The first-order chi connectivity index (χ1) is 11.0. The molecule has 0 spiro atoms. The molecule has 1 aromatic rings. The predicted octanol–water partition coefficient (Wildman–Crippen LogP) is 0.417. The van der Waals surface area contributed by atoms with Crippen LogP contribution < -0.4 is 10.6 Å². The van der Waals surface area contributed by atoms with Crippen LogP contribution in [0.3, 0.4) is 0 Å². The Morgan fingerprint density at radius 3 is 2.61 bits per heavy atom. The molecule has 23 heavy (non-hydrogen) atoms. The van der Waals surface area contributed by atoms with Gasteiger partial charge in [0.1, 0.15) is 6.61 Å². The molecule has 8 heteroatoms. The van der Waals surface area contributed by atoms with Crippen molar-refractivity contribution in [1.29, 1.82) is 0 Å². The normalized spacial score (nSPS) is 29.6. The fraction of sp³-hybridized carbons (Fsp3) is 0.400. The van der Waals surface area contributed by atoms with Crippen LogP contribution in [-0.2, 0) is 30.4 Å². The van der Waals surface area contributed by atoms with Gasteiger partial charge in [-0.25, -0.2) is 4.79 Å². The van der Waals surface area contributed by atoms with E-state index >= 15 is 0 Å². The van der Waals surface area contributed by atoms with Crippen molar-refractivity contribution in [2.24, 2.45) is 0 Å². The second kappa shape index (κ2) is 5.98. The minimum absolute atomic E-state index is 0.0428. The van der Waals surface area contributed by atoms with Crippen molar-refractivity contribution in [3.63, 3.8) is 0 Å². The summed E-state index contributed by atoms with van der Waals surface area (Å²) < 4.78 is 15.7. The smallest absolute Gasteiger partial charge is 0.408 e. The first-order valence-electron chi connectivity index (χ1n) is 7.14. The summed E-state index contributed by atoms with van der Waals surface area (Å²) in [5.41, 5.74) is -0.800. The molecule has 2 aliphatic rings. The van der Waals surface area contributed by atoms with Crippen molar-refractivity contribution in [2.45, 2.75) is 38.1 Å². The van der Waals surface area contributed by atoms with Crippen molar-refractivity contribution >= 4 is 17.9 Å². The molecule has 1 aromatic carbocycles. The summed E-state index contributed by atoms with van der Waals surface area (Å²) in [5, 5.41) is 4.56. The SMILES string of the molecule is CC1OC([C@@]2(NC(=O)OCc3ccccc3)CC(=O)NC2=O)O1. The van der Waals surface area contributed by atoms with Crippen LogP contribution in [0.5, 0.6) is 0 Å². The molecule has 2 heterocycles. The number of carbonyl (C=O) groups excluding carboxylic acids is 3. The van der Waals surface area contributed by atoms with Gasteiger partial charge in [-0.2, -0.15) is 0 Å². The maximum absolute atomic E-state index is 12.1. The number of hydrogen-bond donors (Lipinski definition) is 2. The molecule has 0 unspecified atom stereocenters. The molecular formula is C15H16N2O6. The number of nitrogens with one attached hydrogen (secondary N) is 2. The first-order valence-corrected chi connectivity index (χ1v) is 7.14. The van der Waals surface area contributed by atoms with E-state index in [9.17, 15) is 14.4 Å². The van der Waals surface area contributed by atoms with Gasteiger partial charge in [0.25, 0.3) is 5.91 Å². The maximum atomic E-state index is 12.1. The number of rotatable bonds is 4. The van der Waals surface area contributed by atoms with Crippen LogP contribution in [-0.4, -0.2) is 36.0 Å². The van der Waals surface area contributed by atoms with E-state index in [1.54, 1.807) is 19.1 Å². The third-order valence-corrected chi connectivity index (χ3v) is 3.67. The molecular weight excluding hydrogens is 304 g/mol. The first kappa shape index (κ1) is 15.4. The molecule has 0 saturated carbocycles. The second-order valence-electron chi connectivity index (χ2n) is 5.38. The maximum Gasteiger partial charge on any atom is 0.408 e. The lowest BCUT2D eigenvalue weighted by atomic mass is 9.95. The minimum atomic E-state index is -1.60. The summed E-state index contributed by atoms with van der Waals surface area (Å²) in [6.07, 6.45) is -2.61. The molecule has 0 aromatic heterocycles. The highest BCUT2D eigenvalue weighted by Gasteiger charge is 2.59. The summed E-state index contributed by atoms with van der Waals surface area (Å²) in [5.74, 6) is -1.18. The van der Waals surface area contributed by atoms with Crippen LogP contribution in [0.4, 0.5) is 4.79 Å². The molecule has 0 bridgehead atoms. The Labute approximate surface area is 132 Å². The van der Waals surface area contributed by atoms with E-state index in [2.05, 4.69) is 10.6 Å². The Bertz CT molecular complexity index is 628. The van der Waals surface area contributed by atoms with E-state index in [-0.39, 0.29) is 13.0 Å². The quantitative estimate of drug-likeness (QED) is 0.779. The lowest BCUT2D eigenvalue weighted by molar-refractivity contribution is -0.391. The molecule has 2 saturated heterocycles. The van der Waals surface area contributed by atoms with Gasteiger partial charge in [0.15, 0.2) is 18.1 Å². The number of carbonyl (C=O) groups is 3. The Balaban J connectivity index is 1.65. The van der Waals surface area contributed by atoms with Gasteiger partial charge in [0.05, 0.1) is 6.42 Å². The number of alkyl carbamates (subject to hydrolysis) is 1. The molecule has 2 fully saturated rings. The van der Waals surface area contributed by atoms with Gasteiger partial charge in [-0.05, 0) is 12.5 Å². The molecule has 3 rings (SSSR count). The van der Waals surface area contributed by atoms with Gasteiger partial charge >= 0.3 is 6.09 Å². The van der Waals surface area contributed by atoms with E-state index in [4.69, 9.17) is 14.2 Å². The zero-order valence-electron chi connectivity index (χ0n) is 12.4. The van der Waals surface area contributed by atoms with Crippen molar-refractivity contribution in [2.75, 3.05) is 0 Å². The monoisotopic (exact) mass is 320 g/mol. The summed E-state index contributed by atoms with van der Waals surface area (Å²) in [6, 6.07) is 9.08.